The van der Waals surface area contributed by atoms with E-state index in [1.54, 1.807) is 6.92 Å². The van der Waals surface area contributed by atoms with Gasteiger partial charge >= 0.3 is 0 Å². The normalized spacial score (nSPS) is 23.6. The van der Waals surface area contributed by atoms with Crippen molar-refractivity contribution >= 4 is 28.8 Å². The summed E-state index contributed by atoms with van der Waals surface area (Å²) in [4.78, 5) is 10.9. The van der Waals surface area contributed by atoms with Crippen LogP contribution in [0.1, 0.15) is 26.7 Å². The Morgan fingerprint density at radius 3 is 2.42 bits per heavy atom. The van der Waals surface area contributed by atoms with Gasteiger partial charge in [0.25, 0.3) is 0 Å². The minimum Gasteiger partial charge on any atom is -0.351 e. The smallest absolute Gasteiger partial charge is 0.217 e. The molecule has 1 aliphatic rings. The Balaban J connectivity index is 2.44. The third-order valence-electron chi connectivity index (χ3n) is 2.29. The average Bonchev–Trinajstić information content (AvgIpc) is 1.94. The summed E-state index contributed by atoms with van der Waals surface area (Å²) in [6.45, 7) is 5.84. The average molecular weight is 282 g/mol. The zero-order valence-electron chi connectivity index (χ0n) is 7.56. The SMILES string of the molecule is CC(=O)NC1(C)CCN(I)CC1. The Kier molecular flexibility index (Phi) is 3.34. The fourth-order valence-electron chi connectivity index (χ4n) is 1.52. The molecule has 0 spiro atoms. The quantitative estimate of drug-likeness (QED) is 0.581. The molecule has 3 nitrogen and oxygen atoms in total. The Morgan fingerprint density at radius 2 is 2.00 bits per heavy atom. The van der Waals surface area contributed by atoms with Crippen molar-refractivity contribution in [1.29, 1.82) is 0 Å². The Morgan fingerprint density at radius 1 is 1.50 bits per heavy atom. The number of carbonyl (C=O) groups excluding carboxylic acids is 1. The van der Waals surface area contributed by atoms with E-state index in [0.717, 1.165) is 25.9 Å². The van der Waals surface area contributed by atoms with Crippen LogP contribution in [-0.2, 0) is 4.79 Å². The summed E-state index contributed by atoms with van der Waals surface area (Å²) in [6.07, 6.45) is 2.10. The summed E-state index contributed by atoms with van der Waals surface area (Å²) < 4.78 is 2.27. The van der Waals surface area contributed by atoms with Crippen LogP contribution < -0.4 is 5.32 Å². The molecule has 0 aromatic heterocycles. The highest BCUT2D eigenvalue weighted by Gasteiger charge is 2.29. The molecule has 1 amide bonds. The van der Waals surface area contributed by atoms with Gasteiger partial charge in [-0.25, -0.2) is 3.11 Å². The zero-order valence-corrected chi connectivity index (χ0v) is 9.72. The number of carbonyl (C=O) groups is 1. The number of piperidine rings is 1. The molecule has 70 valence electrons. The highest BCUT2D eigenvalue weighted by Crippen LogP contribution is 2.23. The summed E-state index contributed by atoms with van der Waals surface area (Å²) in [5.74, 6) is 0.0828. The summed E-state index contributed by atoms with van der Waals surface area (Å²) in [5, 5.41) is 3.01. The van der Waals surface area contributed by atoms with E-state index in [-0.39, 0.29) is 11.4 Å². The maximum absolute atomic E-state index is 10.9. The van der Waals surface area contributed by atoms with E-state index in [1.165, 1.54) is 0 Å². The number of rotatable bonds is 1. The van der Waals surface area contributed by atoms with Crippen molar-refractivity contribution < 1.29 is 4.79 Å². The number of amides is 1. The maximum atomic E-state index is 10.9. The van der Waals surface area contributed by atoms with Crippen LogP contribution in [0.25, 0.3) is 0 Å². The van der Waals surface area contributed by atoms with Gasteiger partial charge in [-0.15, -0.1) is 0 Å². The fourth-order valence-corrected chi connectivity index (χ4v) is 2.01. The predicted molar refractivity (Wildman–Crippen MR) is 57.0 cm³/mol. The molecule has 1 rings (SSSR count). The van der Waals surface area contributed by atoms with Crippen molar-refractivity contribution in [2.24, 2.45) is 0 Å². The van der Waals surface area contributed by atoms with Gasteiger partial charge in [0, 0.05) is 48.4 Å². The molecule has 0 radical (unpaired) electrons. The van der Waals surface area contributed by atoms with Crippen molar-refractivity contribution in [2.45, 2.75) is 32.2 Å². The second-order valence-electron chi connectivity index (χ2n) is 3.65. The summed E-state index contributed by atoms with van der Waals surface area (Å²) in [7, 11) is 0. The number of nitrogens with one attached hydrogen (secondary N) is 1. The molecule has 0 aromatic carbocycles. The minimum atomic E-state index is 0.0352. The highest BCUT2D eigenvalue weighted by atomic mass is 127. The third kappa shape index (κ3) is 2.90. The lowest BCUT2D eigenvalue weighted by Crippen LogP contribution is -2.51. The standard InChI is InChI=1S/C8H15IN2O/c1-7(12)10-8(2)3-5-11(9)6-4-8/h3-6H2,1-2H3,(H,10,12). The molecule has 1 saturated heterocycles. The Bertz CT molecular complexity index is 176. The zero-order chi connectivity index (χ0) is 9.19. The summed E-state index contributed by atoms with van der Waals surface area (Å²) in [6, 6.07) is 0. The number of halogens is 1. The van der Waals surface area contributed by atoms with Crippen molar-refractivity contribution in [1.82, 2.24) is 8.43 Å². The third-order valence-corrected chi connectivity index (χ3v) is 3.26. The van der Waals surface area contributed by atoms with Gasteiger partial charge in [0.2, 0.25) is 5.91 Å². The topological polar surface area (TPSA) is 32.3 Å². The van der Waals surface area contributed by atoms with E-state index >= 15 is 0 Å². The van der Waals surface area contributed by atoms with Gasteiger partial charge in [-0.2, -0.15) is 0 Å². The predicted octanol–water partition coefficient (Wildman–Crippen LogP) is 1.33. The molecule has 1 fully saturated rings. The molecule has 0 bridgehead atoms. The van der Waals surface area contributed by atoms with Gasteiger partial charge in [-0.3, -0.25) is 4.79 Å². The molecule has 0 saturated carbocycles. The lowest BCUT2D eigenvalue weighted by molar-refractivity contribution is -0.121. The highest BCUT2D eigenvalue weighted by molar-refractivity contribution is 14.1. The first-order chi connectivity index (χ1) is 5.52. The largest absolute Gasteiger partial charge is 0.351 e. The monoisotopic (exact) mass is 282 g/mol. The molecular formula is C8H15IN2O. The van der Waals surface area contributed by atoms with Crippen molar-refractivity contribution in [3.8, 4) is 0 Å². The van der Waals surface area contributed by atoms with Gasteiger partial charge < -0.3 is 5.32 Å². The van der Waals surface area contributed by atoms with Gasteiger partial charge in [0.1, 0.15) is 0 Å². The van der Waals surface area contributed by atoms with E-state index in [2.05, 4.69) is 38.2 Å². The number of hydrogen-bond acceptors (Lipinski definition) is 2. The van der Waals surface area contributed by atoms with Crippen molar-refractivity contribution in [3.05, 3.63) is 0 Å². The molecular weight excluding hydrogens is 267 g/mol. The molecule has 0 aromatic rings. The number of hydrogen-bond donors (Lipinski definition) is 1. The van der Waals surface area contributed by atoms with Crippen LogP contribution in [0.5, 0.6) is 0 Å². The molecule has 0 aliphatic carbocycles. The molecule has 1 aliphatic heterocycles. The molecule has 0 atom stereocenters. The summed E-state index contributed by atoms with van der Waals surface area (Å²) in [5.41, 5.74) is 0.0352. The molecule has 0 unspecified atom stereocenters. The molecule has 12 heavy (non-hydrogen) atoms. The second-order valence-corrected chi connectivity index (χ2v) is 5.02. The van der Waals surface area contributed by atoms with E-state index < -0.39 is 0 Å². The minimum absolute atomic E-state index is 0.0352. The fraction of sp³-hybridized carbons (Fsp3) is 0.875. The van der Waals surface area contributed by atoms with E-state index in [9.17, 15) is 4.79 Å². The van der Waals surface area contributed by atoms with E-state index in [0.29, 0.717) is 0 Å². The van der Waals surface area contributed by atoms with Crippen LogP contribution >= 0.6 is 22.9 Å². The van der Waals surface area contributed by atoms with Crippen LogP contribution in [-0.4, -0.2) is 27.6 Å². The molecule has 1 heterocycles. The lowest BCUT2D eigenvalue weighted by atomic mass is 9.91. The summed E-state index contributed by atoms with van der Waals surface area (Å²) >= 11 is 2.33. The van der Waals surface area contributed by atoms with Crippen molar-refractivity contribution in [3.63, 3.8) is 0 Å². The molecule has 4 heteroatoms. The lowest BCUT2D eigenvalue weighted by Gasteiger charge is -2.37. The molecule has 1 N–H and O–H groups in total. The number of nitrogens with zero attached hydrogens (tertiary/aromatic N) is 1. The second kappa shape index (κ2) is 3.91. The van der Waals surface area contributed by atoms with Crippen LogP contribution in [0.3, 0.4) is 0 Å². The van der Waals surface area contributed by atoms with Crippen LogP contribution in [0.2, 0.25) is 0 Å². The first-order valence-corrected chi connectivity index (χ1v) is 5.18. The van der Waals surface area contributed by atoms with Crippen LogP contribution in [0, 0.1) is 0 Å². The Hall–Kier alpha value is 0.160. The van der Waals surface area contributed by atoms with Crippen molar-refractivity contribution in [2.75, 3.05) is 13.1 Å². The Labute approximate surface area is 87.4 Å². The van der Waals surface area contributed by atoms with Gasteiger partial charge in [0.15, 0.2) is 0 Å². The first-order valence-electron chi connectivity index (χ1n) is 4.21. The maximum Gasteiger partial charge on any atom is 0.217 e. The van der Waals surface area contributed by atoms with E-state index in [4.69, 9.17) is 0 Å². The van der Waals surface area contributed by atoms with Gasteiger partial charge in [-0.1, -0.05) is 0 Å². The first kappa shape index (κ1) is 10.2. The van der Waals surface area contributed by atoms with E-state index in [1.807, 2.05) is 0 Å². The van der Waals surface area contributed by atoms with Gasteiger partial charge in [0.05, 0.1) is 0 Å². The van der Waals surface area contributed by atoms with Gasteiger partial charge in [-0.05, 0) is 19.8 Å². The van der Waals surface area contributed by atoms with Crippen LogP contribution in [0.4, 0.5) is 0 Å². The van der Waals surface area contributed by atoms with Crippen LogP contribution in [0.15, 0.2) is 0 Å².